The smallest absolute Gasteiger partial charge is 0.407 e. The molecule has 1 heterocycles. The number of likely N-dealkylation sites (tertiary alicyclic amines) is 1. The zero-order valence-electron chi connectivity index (χ0n) is 18.2. The number of piperidine rings is 1. The molecule has 1 unspecified atom stereocenters. The van der Waals surface area contributed by atoms with Crippen molar-refractivity contribution in [2.45, 2.75) is 71.2 Å². The Labute approximate surface area is 178 Å². The number of allylic oxidation sites excluding steroid dienone is 2. The molecule has 0 spiro atoms. The Balaban J connectivity index is 1.89. The van der Waals surface area contributed by atoms with Crippen LogP contribution in [0.3, 0.4) is 0 Å². The van der Waals surface area contributed by atoms with Crippen molar-refractivity contribution in [3.05, 3.63) is 53.1 Å². The van der Waals surface area contributed by atoms with E-state index in [9.17, 15) is 9.59 Å². The fraction of sp³-hybridized carbons (Fsp3) is 0.500. The topological polar surface area (TPSA) is 78.9 Å². The Kier molecular flexibility index (Phi) is 6.98. The molecule has 1 aromatic rings. The van der Waals surface area contributed by atoms with Crippen LogP contribution in [0.4, 0.5) is 4.79 Å². The second-order valence-corrected chi connectivity index (χ2v) is 8.39. The van der Waals surface area contributed by atoms with E-state index in [1.165, 1.54) is 0 Å². The van der Waals surface area contributed by atoms with Crippen molar-refractivity contribution in [2.24, 2.45) is 0 Å². The number of nitrogens with one attached hydrogen (secondary N) is 1. The monoisotopic (exact) mass is 412 g/mol. The van der Waals surface area contributed by atoms with E-state index in [0.29, 0.717) is 19.3 Å². The molecular formula is C24H32N2O4. The largest absolute Gasteiger partial charge is 0.447 e. The number of carbonyl (C=O) groups excluding carboxylic acids is 2. The van der Waals surface area contributed by atoms with Crippen LogP contribution < -0.4 is 5.32 Å². The molecule has 3 rings (SSSR count). The van der Waals surface area contributed by atoms with E-state index >= 15 is 0 Å². The highest BCUT2D eigenvalue weighted by atomic mass is 16.6. The molecule has 6 heteroatoms. The van der Waals surface area contributed by atoms with Gasteiger partial charge in [0.05, 0.1) is 18.2 Å². The maximum Gasteiger partial charge on any atom is 0.407 e. The lowest BCUT2D eigenvalue weighted by molar-refractivity contribution is -0.133. The van der Waals surface area contributed by atoms with Crippen molar-refractivity contribution in [2.75, 3.05) is 6.61 Å². The molecule has 0 aromatic heterocycles. The van der Waals surface area contributed by atoms with Gasteiger partial charge in [-0.1, -0.05) is 36.4 Å². The van der Waals surface area contributed by atoms with E-state index in [1.54, 1.807) is 6.92 Å². The van der Waals surface area contributed by atoms with Gasteiger partial charge in [-0.15, -0.1) is 0 Å². The predicted molar refractivity (Wildman–Crippen MR) is 117 cm³/mol. The molecule has 2 amide bonds. The fourth-order valence-corrected chi connectivity index (χ4v) is 4.47. The highest BCUT2D eigenvalue weighted by molar-refractivity contribution is 5.80. The van der Waals surface area contributed by atoms with Crippen molar-refractivity contribution in [3.63, 3.8) is 0 Å². The van der Waals surface area contributed by atoms with Crippen molar-refractivity contribution >= 4 is 17.6 Å². The molecule has 3 atom stereocenters. The molecule has 1 aliphatic heterocycles. The highest BCUT2D eigenvalue weighted by Gasteiger charge is 2.40. The molecule has 1 aliphatic carbocycles. The van der Waals surface area contributed by atoms with Crippen LogP contribution in [0.25, 0.3) is 5.57 Å². The van der Waals surface area contributed by atoms with Crippen LogP contribution in [0, 0.1) is 0 Å². The maximum atomic E-state index is 12.3. The lowest BCUT2D eigenvalue weighted by Gasteiger charge is -2.46. The Morgan fingerprint density at radius 2 is 1.97 bits per heavy atom. The van der Waals surface area contributed by atoms with Crippen LogP contribution in [0.2, 0.25) is 0 Å². The maximum absolute atomic E-state index is 12.3. The van der Waals surface area contributed by atoms with E-state index in [-0.39, 0.29) is 36.7 Å². The van der Waals surface area contributed by atoms with Gasteiger partial charge in [0.1, 0.15) is 0 Å². The minimum absolute atomic E-state index is 0.0294. The summed E-state index contributed by atoms with van der Waals surface area (Å²) in [5.74, 6) is 0.0480. The predicted octanol–water partition coefficient (Wildman–Crippen LogP) is 3.45. The van der Waals surface area contributed by atoms with Gasteiger partial charge < -0.3 is 20.1 Å². The first kappa shape index (κ1) is 22.1. The van der Waals surface area contributed by atoms with Crippen molar-refractivity contribution in [3.8, 4) is 0 Å². The van der Waals surface area contributed by atoms with Gasteiger partial charge in [0, 0.05) is 19.6 Å². The number of ether oxygens (including phenoxy) is 1. The first-order valence-electron chi connectivity index (χ1n) is 10.7. The summed E-state index contributed by atoms with van der Waals surface area (Å²) in [7, 11) is 0. The summed E-state index contributed by atoms with van der Waals surface area (Å²) in [5.41, 5.74) is 4.30. The molecular weight excluding hydrogens is 380 g/mol. The number of hydrogen-bond acceptors (Lipinski definition) is 4. The molecule has 0 bridgehead atoms. The third kappa shape index (κ3) is 4.93. The number of alkyl carbamates (subject to hydrolysis) is 1. The van der Waals surface area contributed by atoms with Gasteiger partial charge in [0.15, 0.2) is 0 Å². The first-order valence-corrected chi connectivity index (χ1v) is 10.7. The summed E-state index contributed by atoms with van der Waals surface area (Å²) in [6.45, 7) is 7.41. The number of hydrogen-bond donors (Lipinski definition) is 2. The number of rotatable bonds is 5. The van der Waals surface area contributed by atoms with E-state index in [4.69, 9.17) is 9.84 Å². The summed E-state index contributed by atoms with van der Waals surface area (Å²) >= 11 is 0. The van der Waals surface area contributed by atoms with E-state index in [2.05, 4.69) is 29.6 Å². The lowest BCUT2D eigenvalue weighted by atomic mass is 9.80. The number of benzene rings is 1. The molecule has 1 aromatic carbocycles. The zero-order valence-corrected chi connectivity index (χ0v) is 18.2. The zero-order chi connectivity index (χ0) is 21.8. The van der Waals surface area contributed by atoms with Gasteiger partial charge >= 0.3 is 6.09 Å². The standard InChI is InChI=1S/C24H32N2O4/c1-15(2)30-24(29)25-22-13-16(3)26(17(4)28)23-10-9-20(14-21(22)23)19-7-5-18(6-8-19)11-12-27/h5-9,14-16,22-23,27H,10-13H2,1-4H3,(H,25,29)/t16-,22+,23?/m0/s1. The summed E-state index contributed by atoms with van der Waals surface area (Å²) in [5, 5.41) is 12.1. The average molecular weight is 413 g/mol. The number of aliphatic hydroxyl groups excluding tert-OH is 1. The number of carbonyl (C=O) groups is 2. The quantitative estimate of drug-likeness (QED) is 0.776. The fourth-order valence-electron chi connectivity index (χ4n) is 4.47. The minimum atomic E-state index is -0.428. The number of aliphatic hydroxyl groups is 1. The van der Waals surface area contributed by atoms with Gasteiger partial charge in [-0.2, -0.15) is 0 Å². The van der Waals surface area contributed by atoms with Crippen molar-refractivity contribution in [1.82, 2.24) is 10.2 Å². The average Bonchev–Trinajstić information content (AvgIpc) is 2.67. The lowest BCUT2D eigenvalue weighted by Crippen LogP contribution is -2.57. The number of nitrogens with zero attached hydrogens (tertiary/aromatic N) is 1. The van der Waals surface area contributed by atoms with Crippen molar-refractivity contribution < 1.29 is 19.4 Å². The van der Waals surface area contributed by atoms with Crippen LogP contribution >= 0.6 is 0 Å². The third-order valence-corrected chi connectivity index (χ3v) is 5.74. The highest BCUT2D eigenvalue weighted by Crippen LogP contribution is 2.36. The SMILES string of the molecule is CC(=O)N1C2CC=C(c3ccc(CCO)cc3)C=C2[C@H](NC(=O)OC(C)C)C[C@@H]1C. The van der Waals surface area contributed by atoms with Gasteiger partial charge in [-0.05, 0) is 62.3 Å². The summed E-state index contributed by atoms with van der Waals surface area (Å²) < 4.78 is 5.30. The normalized spacial score (nSPS) is 23.4. The van der Waals surface area contributed by atoms with E-state index < -0.39 is 6.09 Å². The van der Waals surface area contributed by atoms with Gasteiger partial charge in [-0.25, -0.2) is 4.79 Å². The van der Waals surface area contributed by atoms with Gasteiger partial charge in [0.2, 0.25) is 5.91 Å². The Hall–Kier alpha value is -2.60. The van der Waals surface area contributed by atoms with Crippen LogP contribution in [0.5, 0.6) is 0 Å². The summed E-state index contributed by atoms with van der Waals surface area (Å²) in [6, 6.07) is 7.95. The minimum Gasteiger partial charge on any atom is -0.447 e. The van der Waals surface area contributed by atoms with E-state index in [0.717, 1.165) is 22.3 Å². The van der Waals surface area contributed by atoms with Gasteiger partial charge in [0.25, 0.3) is 0 Å². The second kappa shape index (κ2) is 9.47. The van der Waals surface area contributed by atoms with Gasteiger partial charge in [-0.3, -0.25) is 4.79 Å². The molecule has 0 radical (unpaired) electrons. The Morgan fingerprint density at radius 1 is 1.27 bits per heavy atom. The van der Waals surface area contributed by atoms with Crippen molar-refractivity contribution in [1.29, 1.82) is 0 Å². The molecule has 0 saturated carbocycles. The molecule has 2 N–H and O–H groups in total. The van der Waals surface area contributed by atoms with Crippen LogP contribution in [-0.4, -0.2) is 52.8 Å². The summed E-state index contributed by atoms with van der Waals surface area (Å²) in [4.78, 5) is 26.6. The van der Waals surface area contributed by atoms with Crippen LogP contribution in [0.1, 0.15) is 51.7 Å². The molecule has 30 heavy (non-hydrogen) atoms. The molecule has 1 fully saturated rings. The molecule has 162 valence electrons. The molecule has 6 nitrogen and oxygen atoms in total. The molecule has 1 saturated heterocycles. The second-order valence-electron chi connectivity index (χ2n) is 8.39. The third-order valence-electron chi connectivity index (χ3n) is 5.74. The number of amides is 2. The number of fused-ring (bicyclic) bond motifs is 1. The summed E-state index contributed by atoms with van der Waals surface area (Å²) in [6.07, 6.45) is 5.65. The van der Waals surface area contributed by atoms with Crippen LogP contribution in [0.15, 0.2) is 42.0 Å². The Morgan fingerprint density at radius 3 is 2.57 bits per heavy atom. The van der Waals surface area contributed by atoms with E-state index in [1.807, 2.05) is 37.8 Å². The molecule has 2 aliphatic rings. The van der Waals surface area contributed by atoms with Crippen LogP contribution in [-0.2, 0) is 16.0 Å². The Bertz CT molecular complexity index is 841. The first-order chi connectivity index (χ1) is 14.3.